The predicted molar refractivity (Wildman–Crippen MR) is 38.9 cm³/mol. The molecule has 1 aliphatic carbocycles. The van der Waals surface area contributed by atoms with Gasteiger partial charge < -0.3 is 5.73 Å². The van der Waals surface area contributed by atoms with Crippen LogP contribution in [0.5, 0.6) is 0 Å². The van der Waals surface area contributed by atoms with Crippen LogP contribution in [0.15, 0.2) is 5.10 Å². The number of hydrazone groups is 1. The standard InChI is InChI=1S/C6H9F2N3O/c7-4(8)6(1-2-6)3-10-11-5(9)12/h3-4H,1-2H2,(H3,9,11,12)/b10-3+. The molecule has 0 unspecified atom stereocenters. The molecule has 0 heterocycles. The Morgan fingerprint density at radius 2 is 2.25 bits per heavy atom. The number of hydrogen-bond acceptors (Lipinski definition) is 2. The molecule has 0 aromatic carbocycles. The molecule has 68 valence electrons. The summed E-state index contributed by atoms with van der Waals surface area (Å²) in [6, 6.07) is -0.851. The van der Waals surface area contributed by atoms with Crippen LogP contribution in [0, 0.1) is 5.41 Å². The molecule has 0 aromatic heterocycles. The number of urea groups is 1. The summed E-state index contributed by atoms with van der Waals surface area (Å²) < 4.78 is 24.3. The van der Waals surface area contributed by atoms with Crippen molar-refractivity contribution >= 4 is 12.2 Å². The number of primary amides is 1. The molecule has 12 heavy (non-hydrogen) atoms. The largest absolute Gasteiger partial charge is 0.350 e. The highest BCUT2D eigenvalue weighted by atomic mass is 19.3. The maximum Gasteiger partial charge on any atom is 0.332 e. The minimum atomic E-state index is -2.42. The van der Waals surface area contributed by atoms with E-state index in [9.17, 15) is 13.6 Å². The highest BCUT2D eigenvalue weighted by molar-refractivity contribution is 5.75. The number of amides is 2. The quantitative estimate of drug-likeness (QED) is 0.483. The van der Waals surface area contributed by atoms with Gasteiger partial charge in [-0.1, -0.05) is 0 Å². The fourth-order valence-corrected chi connectivity index (χ4v) is 0.772. The molecule has 1 saturated carbocycles. The number of nitrogens with zero attached hydrogens (tertiary/aromatic N) is 1. The zero-order chi connectivity index (χ0) is 9.19. The Morgan fingerprint density at radius 3 is 2.58 bits per heavy atom. The molecule has 2 amide bonds. The highest BCUT2D eigenvalue weighted by Crippen LogP contribution is 2.48. The number of halogens is 2. The van der Waals surface area contributed by atoms with E-state index in [-0.39, 0.29) is 0 Å². The average molecular weight is 177 g/mol. The van der Waals surface area contributed by atoms with Gasteiger partial charge in [0.1, 0.15) is 0 Å². The third-order valence-corrected chi connectivity index (χ3v) is 1.76. The first kappa shape index (κ1) is 8.89. The number of hydrogen-bond donors (Lipinski definition) is 2. The predicted octanol–water partition coefficient (Wildman–Crippen LogP) is 0.686. The Hall–Kier alpha value is -1.20. The number of carbonyl (C=O) groups excluding carboxylic acids is 1. The molecule has 0 radical (unpaired) electrons. The first-order valence-corrected chi connectivity index (χ1v) is 3.45. The minimum absolute atomic E-state index is 0.411. The highest BCUT2D eigenvalue weighted by Gasteiger charge is 2.49. The van der Waals surface area contributed by atoms with E-state index in [0.717, 1.165) is 6.21 Å². The van der Waals surface area contributed by atoms with E-state index in [0.29, 0.717) is 12.8 Å². The van der Waals surface area contributed by atoms with Crippen molar-refractivity contribution in [2.75, 3.05) is 0 Å². The van der Waals surface area contributed by atoms with Gasteiger partial charge in [0.2, 0.25) is 6.43 Å². The molecule has 0 saturated heterocycles. The van der Waals surface area contributed by atoms with E-state index in [4.69, 9.17) is 0 Å². The first-order chi connectivity index (χ1) is 5.57. The summed E-state index contributed by atoms with van der Waals surface area (Å²) in [5.74, 6) is 0. The van der Waals surface area contributed by atoms with Crippen molar-refractivity contribution in [3.05, 3.63) is 0 Å². The number of nitrogens with one attached hydrogen (secondary N) is 1. The lowest BCUT2D eigenvalue weighted by Crippen LogP contribution is -2.26. The smallest absolute Gasteiger partial charge is 0.332 e. The maximum atomic E-state index is 12.2. The summed E-state index contributed by atoms with van der Waals surface area (Å²) in [6.07, 6.45) is -0.540. The van der Waals surface area contributed by atoms with Gasteiger partial charge in [0.15, 0.2) is 0 Å². The SMILES string of the molecule is NC(=O)N/N=C/C1(C(F)F)CC1. The van der Waals surface area contributed by atoms with Crippen molar-refractivity contribution in [2.45, 2.75) is 19.3 Å². The van der Waals surface area contributed by atoms with Crippen molar-refractivity contribution in [2.24, 2.45) is 16.3 Å². The second-order valence-electron chi connectivity index (χ2n) is 2.77. The third-order valence-electron chi connectivity index (χ3n) is 1.76. The summed E-state index contributed by atoms with van der Waals surface area (Å²) in [5, 5.41) is 3.30. The van der Waals surface area contributed by atoms with Gasteiger partial charge in [-0.15, -0.1) is 0 Å². The third kappa shape index (κ3) is 1.90. The molecular formula is C6H9F2N3O. The second-order valence-corrected chi connectivity index (χ2v) is 2.77. The van der Waals surface area contributed by atoms with E-state index < -0.39 is 17.9 Å². The average Bonchev–Trinajstić information content (AvgIpc) is 2.68. The minimum Gasteiger partial charge on any atom is -0.350 e. The van der Waals surface area contributed by atoms with Gasteiger partial charge in [-0.2, -0.15) is 5.10 Å². The van der Waals surface area contributed by atoms with Crippen LogP contribution in [0.2, 0.25) is 0 Å². The summed E-state index contributed by atoms with van der Waals surface area (Å²) in [4.78, 5) is 10.1. The lowest BCUT2D eigenvalue weighted by molar-refractivity contribution is 0.0990. The Balaban J connectivity index is 2.40. The van der Waals surface area contributed by atoms with Crippen LogP contribution in [-0.4, -0.2) is 18.7 Å². The molecular weight excluding hydrogens is 168 g/mol. The molecule has 1 rings (SSSR count). The summed E-state index contributed by atoms with van der Waals surface area (Å²) >= 11 is 0. The van der Waals surface area contributed by atoms with Crippen molar-refractivity contribution in [1.29, 1.82) is 0 Å². The molecule has 3 N–H and O–H groups in total. The fraction of sp³-hybridized carbons (Fsp3) is 0.667. The molecule has 1 aliphatic rings. The lowest BCUT2D eigenvalue weighted by atomic mass is 10.1. The first-order valence-electron chi connectivity index (χ1n) is 3.45. The van der Waals surface area contributed by atoms with Crippen LogP contribution >= 0.6 is 0 Å². The molecule has 0 spiro atoms. The molecule has 1 fully saturated rings. The van der Waals surface area contributed by atoms with Crippen LogP contribution in [0.4, 0.5) is 13.6 Å². The van der Waals surface area contributed by atoms with Gasteiger partial charge in [0.25, 0.3) is 0 Å². The van der Waals surface area contributed by atoms with Crippen molar-refractivity contribution in [1.82, 2.24) is 5.43 Å². The Labute approximate surface area is 67.8 Å². The van der Waals surface area contributed by atoms with Gasteiger partial charge in [-0.3, -0.25) is 0 Å². The van der Waals surface area contributed by atoms with E-state index in [2.05, 4.69) is 10.8 Å². The number of carbonyl (C=O) groups is 1. The zero-order valence-corrected chi connectivity index (χ0v) is 6.26. The van der Waals surface area contributed by atoms with Gasteiger partial charge in [-0.25, -0.2) is 19.0 Å². The molecule has 0 aliphatic heterocycles. The van der Waals surface area contributed by atoms with Crippen LogP contribution in [0.1, 0.15) is 12.8 Å². The number of nitrogens with two attached hydrogens (primary N) is 1. The molecule has 4 nitrogen and oxygen atoms in total. The van der Waals surface area contributed by atoms with Crippen molar-refractivity contribution in [3.63, 3.8) is 0 Å². The second kappa shape index (κ2) is 3.04. The van der Waals surface area contributed by atoms with Crippen LogP contribution in [0.25, 0.3) is 0 Å². The number of rotatable bonds is 3. The molecule has 0 atom stereocenters. The van der Waals surface area contributed by atoms with Crippen LogP contribution in [-0.2, 0) is 0 Å². The molecule has 0 bridgehead atoms. The lowest BCUT2D eigenvalue weighted by Gasteiger charge is -2.05. The molecule has 6 heteroatoms. The van der Waals surface area contributed by atoms with E-state index in [1.165, 1.54) is 0 Å². The molecule has 0 aromatic rings. The van der Waals surface area contributed by atoms with Gasteiger partial charge >= 0.3 is 6.03 Å². The van der Waals surface area contributed by atoms with Crippen molar-refractivity contribution in [3.8, 4) is 0 Å². The summed E-state index contributed by atoms with van der Waals surface area (Å²) in [6.45, 7) is 0. The topological polar surface area (TPSA) is 67.5 Å². The van der Waals surface area contributed by atoms with Gasteiger partial charge in [-0.05, 0) is 12.8 Å². The zero-order valence-electron chi connectivity index (χ0n) is 6.26. The van der Waals surface area contributed by atoms with Crippen molar-refractivity contribution < 1.29 is 13.6 Å². The van der Waals surface area contributed by atoms with E-state index in [1.54, 1.807) is 0 Å². The fourth-order valence-electron chi connectivity index (χ4n) is 0.772. The Kier molecular flexibility index (Phi) is 2.25. The monoisotopic (exact) mass is 177 g/mol. The Morgan fingerprint density at radius 1 is 1.67 bits per heavy atom. The number of alkyl halides is 2. The van der Waals surface area contributed by atoms with E-state index >= 15 is 0 Å². The Bertz CT molecular complexity index is 213. The summed E-state index contributed by atoms with van der Waals surface area (Å²) in [7, 11) is 0. The summed E-state index contributed by atoms with van der Waals surface area (Å²) in [5.41, 5.74) is 5.43. The maximum absolute atomic E-state index is 12.2. The van der Waals surface area contributed by atoms with E-state index in [1.807, 2.05) is 5.43 Å². The van der Waals surface area contributed by atoms with Crippen LogP contribution < -0.4 is 11.2 Å². The normalized spacial score (nSPS) is 19.9. The van der Waals surface area contributed by atoms with Gasteiger partial charge in [0.05, 0.1) is 5.41 Å². The van der Waals surface area contributed by atoms with Gasteiger partial charge in [0, 0.05) is 6.21 Å². The van der Waals surface area contributed by atoms with Crippen LogP contribution in [0.3, 0.4) is 0 Å².